The molecule has 0 radical (unpaired) electrons. The molecular weight excluding hydrogens is 234 g/mol. The number of aromatic nitrogens is 3. The molecular formula is C12H15N3OS. The molecule has 0 saturated heterocycles. The largest absolute Gasteiger partial charge is 0.377 e. The Morgan fingerprint density at radius 2 is 2.29 bits per heavy atom. The van der Waals surface area contributed by atoms with Gasteiger partial charge in [0.2, 0.25) is 0 Å². The number of nitrogens with zero attached hydrogens (tertiary/aromatic N) is 2. The number of methoxy groups -OCH3 is 1. The first-order valence-electron chi connectivity index (χ1n) is 5.88. The predicted molar refractivity (Wildman–Crippen MR) is 67.1 cm³/mol. The Morgan fingerprint density at radius 1 is 1.41 bits per heavy atom. The molecule has 0 spiro atoms. The fraction of sp³-hybridized carbons (Fsp3) is 0.500. The van der Waals surface area contributed by atoms with Gasteiger partial charge in [0.1, 0.15) is 6.61 Å². The fourth-order valence-electron chi connectivity index (χ4n) is 2.31. The molecule has 0 fully saturated rings. The van der Waals surface area contributed by atoms with Crippen molar-refractivity contribution in [3.63, 3.8) is 0 Å². The van der Waals surface area contributed by atoms with Crippen molar-refractivity contribution in [2.45, 2.75) is 32.3 Å². The summed E-state index contributed by atoms with van der Waals surface area (Å²) in [5, 5.41) is 9.46. The van der Waals surface area contributed by atoms with Gasteiger partial charge in [-0.2, -0.15) is 5.10 Å². The zero-order valence-electron chi connectivity index (χ0n) is 9.82. The summed E-state index contributed by atoms with van der Waals surface area (Å²) < 4.78 is 5.04. The van der Waals surface area contributed by atoms with Gasteiger partial charge in [0, 0.05) is 7.11 Å². The molecule has 0 bridgehead atoms. The average molecular weight is 249 g/mol. The maximum Gasteiger partial charge on any atom is 0.191 e. The van der Waals surface area contributed by atoms with Crippen LogP contribution in [0.4, 0.5) is 0 Å². The second kappa shape index (κ2) is 4.58. The lowest BCUT2D eigenvalue weighted by molar-refractivity contribution is 0.178. The monoisotopic (exact) mass is 249 g/mol. The molecule has 0 amide bonds. The van der Waals surface area contributed by atoms with Gasteiger partial charge in [-0.25, -0.2) is 4.98 Å². The molecule has 0 aliphatic heterocycles. The molecule has 0 atom stereocenters. The third-order valence-electron chi connectivity index (χ3n) is 3.12. The maximum absolute atomic E-state index is 5.04. The summed E-state index contributed by atoms with van der Waals surface area (Å²) in [5.74, 6) is 1.62. The topological polar surface area (TPSA) is 50.8 Å². The van der Waals surface area contributed by atoms with Crippen LogP contribution < -0.4 is 0 Å². The van der Waals surface area contributed by atoms with E-state index in [0.29, 0.717) is 6.61 Å². The number of H-pyrrole nitrogens is 1. The van der Waals surface area contributed by atoms with Crippen LogP contribution in [0, 0.1) is 0 Å². The molecule has 2 heterocycles. The van der Waals surface area contributed by atoms with E-state index in [2.05, 4.69) is 20.6 Å². The summed E-state index contributed by atoms with van der Waals surface area (Å²) in [6.45, 7) is 0.487. The quantitative estimate of drug-likeness (QED) is 0.909. The molecule has 17 heavy (non-hydrogen) atoms. The predicted octanol–water partition coefficient (Wildman–Crippen LogP) is 2.56. The molecule has 2 aromatic rings. The van der Waals surface area contributed by atoms with Crippen LogP contribution in [0.3, 0.4) is 0 Å². The first-order chi connectivity index (χ1) is 8.38. The van der Waals surface area contributed by atoms with Gasteiger partial charge in [0.15, 0.2) is 11.6 Å². The minimum absolute atomic E-state index is 0.487. The zero-order chi connectivity index (χ0) is 11.7. The van der Waals surface area contributed by atoms with Crippen LogP contribution in [0.1, 0.15) is 29.8 Å². The minimum Gasteiger partial charge on any atom is -0.377 e. The molecule has 2 aromatic heterocycles. The highest BCUT2D eigenvalue weighted by molar-refractivity contribution is 7.13. The lowest BCUT2D eigenvalue weighted by atomic mass is 9.94. The van der Waals surface area contributed by atoms with E-state index in [1.165, 1.54) is 41.7 Å². The van der Waals surface area contributed by atoms with Gasteiger partial charge in [-0.15, -0.1) is 11.3 Å². The molecule has 4 nitrogen and oxygen atoms in total. The van der Waals surface area contributed by atoms with Crippen LogP contribution in [-0.4, -0.2) is 22.3 Å². The average Bonchev–Trinajstić information content (AvgIpc) is 2.95. The molecule has 0 aromatic carbocycles. The standard InChI is InChI=1S/C12H15N3OS/c1-16-6-10-13-12(15-14-10)11-9-5-3-2-4-8(9)7-17-11/h7H,2-6H2,1H3,(H,13,14,15). The van der Waals surface area contributed by atoms with Crippen molar-refractivity contribution in [2.75, 3.05) is 7.11 Å². The molecule has 90 valence electrons. The van der Waals surface area contributed by atoms with E-state index in [1.54, 1.807) is 18.4 Å². The van der Waals surface area contributed by atoms with Crippen LogP contribution in [0.15, 0.2) is 5.38 Å². The molecule has 1 aliphatic carbocycles. The Balaban J connectivity index is 1.94. The van der Waals surface area contributed by atoms with E-state index in [9.17, 15) is 0 Å². The highest BCUT2D eigenvalue weighted by Crippen LogP contribution is 2.35. The number of aryl methyl sites for hydroxylation is 1. The van der Waals surface area contributed by atoms with E-state index in [0.717, 1.165) is 11.6 Å². The van der Waals surface area contributed by atoms with Gasteiger partial charge in [0.05, 0.1) is 4.88 Å². The third-order valence-corrected chi connectivity index (χ3v) is 4.19. The Hall–Kier alpha value is -1.20. The van der Waals surface area contributed by atoms with E-state index in [-0.39, 0.29) is 0 Å². The Bertz CT molecular complexity index is 518. The normalized spacial score (nSPS) is 14.9. The summed E-state index contributed by atoms with van der Waals surface area (Å²) >= 11 is 1.76. The number of aromatic amines is 1. The zero-order valence-corrected chi connectivity index (χ0v) is 10.6. The van der Waals surface area contributed by atoms with E-state index in [4.69, 9.17) is 4.74 Å². The second-order valence-electron chi connectivity index (χ2n) is 4.31. The van der Waals surface area contributed by atoms with Gasteiger partial charge in [0.25, 0.3) is 0 Å². The lowest BCUT2D eigenvalue weighted by Crippen LogP contribution is -2.00. The van der Waals surface area contributed by atoms with Crippen molar-refractivity contribution >= 4 is 11.3 Å². The molecule has 0 unspecified atom stereocenters. The van der Waals surface area contributed by atoms with Crippen molar-refractivity contribution < 1.29 is 4.74 Å². The highest BCUT2D eigenvalue weighted by Gasteiger charge is 2.19. The van der Waals surface area contributed by atoms with Gasteiger partial charge < -0.3 is 4.74 Å². The molecule has 1 aliphatic rings. The van der Waals surface area contributed by atoms with Gasteiger partial charge in [-0.1, -0.05) is 0 Å². The number of fused-ring (bicyclic) bond motifs is 1. The molecule has 0 saturated carbocycles. The number of nitrogens with one attached hydrogen (secondary N) is 1. The van der Waals surface area contributed by atoms with Gasteiger partial charge in [-0.3, -0.25) is 5.10 Å². The van der Waals surface area contributed by atoms with Crippen LogP contribution in [0.25, 0.3) is 10.7 Å². The van der Waals surface area contributed by atoms with Gasteiger partial charge in [-0.05, 0) is 42.2 Å². The number of hydrogen-bond acceptors (Lipinski definition) is 4. The van der Waals surface area contributed by atoms with Crippen LogP contribution in [0.2, 0.25) is 0 Å². The lowest BCUT2D eigenvalue weighted by Gasteiger charge is -2.11. The third kappa shape index (κ3) is 2.00. The minimum atomic E-state index is 0.487. The summed E-state index contributed by atoms with van der Waals surface area (Å²) in [7, 11) is 1.66. The first kappa shape index (κ1) is 10.9. The molecule has 3 rings (SSSR count). The number of thiophene rings is 1. The van der Waals surface area contributed by atoms with Crippen LogP contribution in [0.5, 0.6) is 0 Å². The van der Waals surface area contributed by atoms with Crippen molar-refractivity contribution in [1.82, 2.24) is 15.2 Å². The second-order valence-corrected chi connectivity index (χ2v) is 5.19. The summed E-state index contributed by atoms with van der Waals surface area (Å²) in [4.78, 5) is 5.70. The number of hydrogen-bond donors (Lipinski definition) is 1. The summed E-state index contributed by atoms with van der Waals surface area (Å²) in [5.41, 5.74) is 2.96. The Morgan fingerprint density at radius 3 is 3.18 bits per heavy atom. The highest BCUT2D eigenvalue weighted by atomic mass is 32.1. The van der Waals surface area contributed by atoms with E-state index < -0.39 is 0 Å². The van der Waals surface area contributed by atoms with Crippen molar-refractivity contribution in [3.05, 3.63) is 22.3 Å². The summed E-state index contributed by atoms with van der Waals surface area (Å²) in [6, 6.07) is 0. The fourth-order valence-corrected chi connectivity index (χ4v) is 3.40. The van der Waals surface area contributed by atoms with Crippen molar-refractivity contribution in [2.24, 2.45) is 0 Å². The van der Waals surface area contributed by atoms with Crippen molar-refractivity contribution in [1.29, 1.82) is 0 Å². The Kier molecular flexibility index (Phi) is 2.94. The van der Waals surface area contributed by atoms with Crippen LogP contribution >= 0.6 is 11.3 Å². The van der Waals surface area contributed by atoms with Gasteiger partial charge >= 0.3 is 0 Å². The van der Waals surface area contributed by atoms with E-state index >= 15 is 0 Å². The number of ether oxygens (including phenoxy) is 1. The van der Waals surface area contributed by atoms with E-state index in [1.807, 2.05) is 0 Å². The summed E-state index contributed by atoms with van der Waals surface area (Å²) in [6.07, 6.45) is 4.97. The molecule has 5 heteroatoms. The van der Waals surface area contributed by atoms with Crippen molar-refractivity contribution in [3.8, 4) is 10.7 Å². The smallest absolute Gasteiger partial charge is 0.191 e. The first-order valence-corrected chi connectivity index (χ1v) is 6.76. The maximum atomic E-state index is 5.04. The van der Waals surface area contributed by atoms with Crippen LogP contribution in [-0.2, 0) is 24.2 Å². The Labute approximate surface area is 104 Å². The molecule has 1 N–H and O–H groups in total. The number of rotatable bonds is 3. The SMILES string of the molecule is COCc1nc(-c2scc3c2CCCC3)n[nH]1.